The third-order valence-electron chi connectivity index (χ3n) is 4.41. The molecule has 0 bridgehead atoms. The normalized spacial score (nSPS) is 20.9. The molecule has 2 N–H and O–H groups in total. The van der Waals surface area contributed by atoms with Crippen LogP contribution in [0.4, 0.5) is 0 Å². The number of carbonyl (C=O) groups is 2. The van der Waals surface area contributed by atoms with Crippen LogP contribution in [0.1, 0.15) is 29.8 Å². The lowest BCUT2D eigenvalue weighted by Crippen LogP contribution is -2.40. The van der Waals surface area contributed by atoms with Gasteiger partial charge in [-0.15, -0.1) is 0 Å². The van der Waals surface area contributed by atoms with Gasteiger partial charge < -0.3 is 14.9 Å². The minimum Gasteiger partial charge on any atom is -0.483 e. The van der Waals surface area contributed by atoms with Gasteiger partial charge in [-0.25, -0.2) is 0 Å². The minimum absolute atomic E-state index is 0.0135. The summed E-state index contributed by atoms with van der Waals surface area (Å²) in [5.74, 6) is 0.0135. The van der Waals surface area contributed by atoms with E-state index in [2.05, 4.69) is 27.4 Å². The van der Waals surface area contributed by atoms with E-state index >= 15 is 0 Å². The number of piperidine rings is 1. The highest BCUT2D eigenvalue weighted by Gasteiger charge is 2.41. The fourth-order valence-electron chi connectivity index (χ4n) is 3.08. The third-order valence-corrected chi connectivity index (χ3v) is 4.41. The predicted octanol–water partition coefficient (Wildman–Crippen LogP) is 0.0634. The molecule has 0 aromatic carbocycles. The molecule has 1 aromatic rings. The van der Waals surface area contributed by atoms with Crippen molar-refractivity contribution in [1.82, 2.24) is 25.2 Å². The van der Waals surface area contributed by atoms with Crippen LogP contribution in [0.15, 0.2) is 6.20 Å². The van der Waals surface area contributed by atoms with Gasteiger partial charge in [-0.2, -0.15) is 15.4 Å². The van der Waals surface area contributed by atoms with E-state index in [0.29, 0.717) is 11.1 Å². The Labute approximate surface area is 123 Å². The highest BCUT2D eigenvalue weighted by Crippen LogP contribution is 2.40. The molecule has 3 heterocycles. The van der Waals surface area contributed by atoms with Gasteiger partial charge in [0.15, 0.2) is 5.69 Å². The van der Waals surface area contributed by atoms with Gasteiger partial charge in [0.25, 0.3) is 12.4 Å². The maximum absolute atomic E-state index is 12.2. The molecule has 1 aromatic heterocycles. The van der Waals surface area contributed by atoms with Crippen molar-refractivity contribution in [2.45, 2.75) is 19.3 Å². The van der Waals surface area contributed by atoms with E-state index in [1.54, 1.807) is 0 Å². The number of nitrogens with one attached hydrogen (secondary N) is 1. The first-order chi connectivity index (χ1) is 10.1. The second-order valence-corrected chi connectivity index (χ2v) is 5.74. The Kier molecular flexibility index (Phi) is 4.89. The summed E-state index contributed by atoms with van der Waals surface area (Å²) in [4.78, 5) is 24.9. The number of hydrogen-bond donors (Lipinski definition) is 2. The fraction of sp³-hybridized carbons (Fsp3) is 0.692. The number of aromatic nitrogens is 3. The van der Waals surface area contributed by atoms with Crippen molar-refractivity contribution in [2.75, 3.05) is 33.2 Å². The van der Waals surface area contributed by atoms with Crippen molar-refractivity contribution < 1.29 is 14.7 Å². The maximum Gasteiger partial charge on any atom is 0.290 e. The monoisotopic (exact) mass is 295 g/mol. The number of likely N-dealkylation sites (tertiary alicyclic amines) is 2. The van der Waals surface area contributed by atoms with E-state index in [4.69, 9.17) is 9.90 Å². The van der Waals surface area contributed by atoms with Crippen LogP contribution in [-0.2, 0) is 4.79 Å². The predicted molar refractivity (Wildman–Crippen MR) is 74.8 cm³/mol. The number of aromatic amines is 1. The number of hydrogen-bond acceptors (Lipinski definition) is 5. The van der Waals surface area contributed by atoms with Gasteiger partial charge in [0.2, 0.25) is 0 Å². The van der Waals surface area contributed by atoms with Crippen molar-refractivity contribution in [3.8, 4) is 0 Å². The Morgan fingerprint density at radius 2 is 2.00 bits per heavy atom. The molecule has 3 rings (SSSR count). The van der Waals surface area contributed by atoms with E-state index in [1.165, 1.54) is 19.0 Å². The van der Waals surface area contributed by atoms with E-state index < -0.39 is 0 Å². The number of carboxylic acid groups (broad SMARTS) is 1. The Hall–Kier alpha value is -1.96. The summed E-state index contributed by atoms with van der Waals surface area (Å²) in [7, 11) is 2.17. The lowest BCUT2D eigenvalue weighted by Gasteiger charge is -2.37. The van der Waals surface area contributed by atoms with Crippen LogP contribution in [0, 0.1) is 5.41 Å². The van der Waals surface area contributed by atoms with Crippen LogP contribution in [0.25, 0.3) is 0 Å². The molecular formula is C13H21N5O3. The van der Waals surface area contributed by atoms with E-state index in [-0.39, 0.29) is 12.4 Å². The van der Waals surface area contributed by atoms with E-state index in [9.17, 15) is 4.79 Å². The molecule has 1 amide bonds. The number of amides is 1. The smallest absolute Gasteiger partial charge is 0.290 e. The molecule has 2 aliphatic heterocycles. The molecule has 2 aliphatic rings. The van der Waals surface area contributed by atoms with Crippen molar-refractivity contribution in [3.05, 3.63) is 11.9 Å². The first-order valence-electron chi connectivity index (χ1n) is 7.02. The highest BCUT2D eigenvalue weighted by atomic mass is 16.3. The summed E-state index contributed by atoms with van der Waals surface area (Å²) in [5.41, 5.74) is 0.784. The summed E-state index contributed by atoms with van der Waals surface area (Å²) in [5, 5.41) is 17.0. The van der Waals surface area contributed by atoms with Crippen LogP contribution in [0.5, 0.6) is 0 Å². The molecule has 116 valence electrons. The average molecular weight is 295 g/mol. The standard InChI is InChI=1S/C12H19N5O.CH2O2/c1-16-5-2-12(3-6-16)4-7-17(9-12)11(18)10-8-13-15-14-10;2-1-3/h8H,2-7,9H2,1H3,(H,13,14,15);1H,(H,2,3). The van der Waals surface area contributed by atoms with Crippen molar-refractivity contribution in [2.24, 2.45) is 5.41 Å². The second kappa shape index (κ2) is 6.66. The lowest BCUT2D eigenvalue weighted by molar-refractivity contribution is -0.122. The molecule has 21 heavy (non-hydrogen) atoms. The number of rotatable bonds is 1. The average Bonchev–Trinajstić information content (AvgIpc) is 3.13. The first kappa shape index (κ1) is 15.4. The lowest BCUT2D eigenvalue weighted by atomic mass is 9.78. The summed E-state index contributed by atoms with van der Waals surface area (Å²) < 4.78 is 0. The molecule has 1 spiro atoms. The van der Waals surface area contributed by atoms with Gasteiger partial charge in [-0.1, -0.05) is 0 Å². The molecule has 0 saturated carbocycles. The molecule has 8 nitrogen and oxygen atoms in total. The van der Waals surface area contributed by atoms with Gasteiger partial charge >= 0.3 is 0 Å². The van der Waals surface area contributed by atoms with Gasteiger partial charge in [-0.05, 0) is 44.8 Å². The van der Waals surface area contributed by atoms with Crippen LogP contribution in [0.3, 0.4) is 0 Å². The topological polar surface area (TPSA) is 102 Å². The zero-order valence-corrected chi connectivity index (χ0v) is 12.2. The maximum atomic E-state index is 12.2. The fourth-order valence-corrected chi connectivity index (χ4v) is 3.08. The number of H-pyrrole nitrogens is 1. The van der Waals surface area contributed by atoms with Crippen LogP contribution >= 0.6 is 0 Å². The van der Waals surface area contributed by atoms with Crippen LogP contribution < -0.4 is 0 Å². The summed E-state index contributed by atoms with van der Waals surface area (Å²) in [6, 6.07) is 0. The quantitative estimate of drug-likeness (QED) is 0.710. The Morgan fingerprint density at radius 3 is 2.57 bits per heavy atom. The Morgan fingerprint density at radius 1 is 1.38 bits per heavy atom. The zero-order valence-electron chi connectivity index (χ0n) is 12.2. The summed E-state index contributed by atoms with van der Waals surface area (Å²) in [6.45, 7) is 3.78. The SMILES string of the molecule is CN1CCC2(CC1)CCN(C(=O)c1cn[nH]n1)C2.O=CO. The Balaban J connectivity index is 0.000000497. The molecular weight excluding hydrogens is 274 g/mol. The van der Waals surface area contributed by atoms with Gasteiger partial charge in [0.1, 0.15) is 0 Å². The van der Waals surface area contributed by atoms with Gasteiger partial charge in [-0.3, -0.25) is 9.59 Å². The number of carbonyl (C=O) groups excluding carboxylic acids is 1. The molecule has 0 unspecified atom stereocenters. The van der Waals surface area contributed by atoms with E-state index in [1.807, 2.05) is 4.90 Å². The zero-order chi connectivity index (χ0) is 15.3. The van der Waals surface area contributed by atoms with E-state index in [0.717, 1.165) is 32.6 Å². The minimum atomic E-state index is -0.250. The molecule has 8 heteroatoms. The molecule has 2 fully saturated rings. The molecule has 2 saturated heterocycles. The van der Waals surface area contributed by atoms with Crippen molar-refractivity contribution in [3.63, 3.8) is 0 Å². The number of nitrogens with zero attached hydrogens (tertiary/aromatic N) is 4. The second-order valence-electron chi connectivity index (χ2n) is 5.74. The first-order valence-corrected chi connectivity index (χ1v) is 7.02. The van der Waals surface area contributed by atoms with Gasteiger partial charge in [0.05, 0.1) is 6.20 Å². The highest BCUT2D eigenvalue weighted by molar-refractivity contribution is 5.92. The molecule has 0 radical (unpaired) electrons. The van der Waals surface area contributed by atoms with Gasteiger partial charge in [0, 0.05) is 13.1 Å². The molecule has 0 atom stereocenters. The van der Waals surface area contributed by atoms with Crippen molar-refractivity contribution in [1.29, 1.82) is 0 Å². The summed E-state index contributed by atoms with van der Waals surface area (Å²) in [6.07, 6.45) is 5.03. The largest absolute Gasteiger partial charge is 0.483 e. The van der Waals surface area contributed by atoms with Crippen LogP contribution in [-0.4, -0.2) is 75.9 Å². The summed E-state index contributed by atoms with van der Waals surface area (Å²) >= 11 is 0. The molecule has 0 aliphatic carbocycles. The Bertz CT molecular complexity index is 468. The van der Waals surface area contributed by atoms with Crippen molar-refractivity contribution >= 4 is 12.4 Å². The third kappa shape index (κ3) is 3.57. The van der Waals surface area contributed by atoms with Crippen LogP contribution in [0.2, 0.25) is 0 Å².